The summed E-state index contributed by atoms with van der Waals surface area (Å²) in [5, 5.41) is 12.9. The molecule has 0 fully saturated rings. The molecule has 0 radical (unpaired) electrons. The molecule has 0 spiro atoms. The van der Waals surface area contributed by atoms with Crippen LogP contribution in [0.2, 0.25) is 0 Å². The van der Waals surface area contributed by atoms with Crippen molar-refractivity contribution < 1.29 is 9.34 Å². The average Bonchev–Trinajstić information content (AvgIpc) is 3.14. The maximum Gasteiger partial charge on any atom is 0.229 e. The van der Waals surface area contributed by atoms with E-state index in [1.54, 1.807) is 12.3 Å². The van der Waals surface area contributed by atoms with Crippen molar-refractivity contribution in [2.75, 3.05) is 0 Å². The second-order valence-corrected chi connectivity index (χ2v) is 6.39. The summed E-state index contributed by atoms with van der Waals surface area (Å²) in [6.45, 7) is 1.96. The number of furan rings is 1. The van der Waals surface area contributed by atoms with E-state index in [2.05, 4.69) is 16.7 Å². The lowest BCUT2D eigenvalue weighted by Gasteiger charge is -2.30. The number of rotatable bonds is 2. The van der Waals surface area contributed by atoms with Gasteiger partial charge in [-0.25, -0.2) is 0 Å². The summed E-state index contributed by atoms with van der Waals surface area (Å²) < 4.78 is 7.78. The van der Waals surface area contributed by atoms with Crippen LogP contribution in [-0.2, 0) is 13.5 Å². The van der Waals surface area contributed by atoms with Crippen LogP contribution in [0.3, 0.4) is 0 Å². The molecule has 0 bridgehead atoms. The predicted octanol–water partition coefficient (Wildman–Crippen LogP) is 3.74. The minimum atomic E-state index is -0.667. The van der Waals surface area contributed by atoms with E-state index in [1.807, 2.05) is 32.2 Å². The molecule has 3 aromatic rings. The quantitative estimate of drug-likeness (QED) is 0.535. The molecule has 0 saturated carbocycles. The van der Waals surface area contributed by atoms with Crippen LogP contribution >= 0.6 is 0 Å². The van der Waals surface area contributed by atoms with Crippen molar-refractivity contribution in [3.8, 4) is 0 Å². The third kappa shape index (κ3) is 1.92. The number of para-hydroxylation sites is 1. The van der Waals surface area contributed by atoms with Gasteiger partial charge in [0, 0.05) is 34.5 Å². The van der Waals surface area contributed by atoms with E-state index in [1.165, 1.54) is 5.69 Å². The third-order valence-electron chi connectivity index (χ3n) is 5.12. The first-order chi connectivity index (χ1) is 11.1. The van der Waals surface area contributed by atoms with Crippen molar-refractivity contribution in [2.45, 2.75) is 25.3 Å². The second kappa shape index (κ2) is 4.98. The minimum absolute atomic E-state index is 0.0457. The molecule has 4 rings (SSSR count). The Balaban J connectivity index is 2.05. The summed E-state index contributed by atoms with van der Waals surface area (Å²) >= 11 is 0. The Labute approximate surface area is 133 Å². The van der Waals surface area contributed by atoms with Crippen LogP contribution in [0, 0.1) is 16.0 Å². The van der Waals surface area contributed by atoms with Crippen LogP contribution in [0.5, 0.6) is 0 Å². The highest BCUT2D eigenvalue weighted by atomic mass is 16.6. The minimum Gasteiger partial charge on any atom is -0.468 e. The Morgan fingerprint density at radius 1 is 1.26 bits per heavy atom. The summed E-state index contributed by atoms with van der Waals surface area (Å²) in [6.07, 6.45) is 2.31. The molecule has 0 saturated heterocycles. The largest absolute Gasteiger partial charge is 0.468 e. The van der Waals surface area contributed by atoms with Crippen molar-refractivity contribution in [1.29, 1.82) is 0 Å². The fourth-order valence-corrected chi connectivity index (χ4v) is 4.10. The molecular formula is C18H18N2O3. The van der Waals surface area contributed by atoms with Gasteiger partial charge in [-0.2, -0.15) is 0 Å². The maximum absolute atomic E-state index is 11.8. The zero-order valence-corrected chi connectivity index (χ0v) is 13.1. The normalized spacial score (nSPS) is 23.8. The van der Waals surface area contributed by atoms with E-state index in [4.69, 9.17) is 4.42 Å². The van der Waals surface area contributed by atoms with Gasteiger partial charge >= 0.3 is 0 Å². The van der Waals surface area contributed by atoms with Crippen LogP contribution in [0.25, 0.3) is 10.9 Å². The van der Waals surface area contributed by atoms with Crippen molar-refractivity contribution >= 4 is 10.9 Å². The number of nitro groups is 1. The molecule has 118 valence electrons. The summed E-state index contributed by atoms with van der Waals surface area (Å²) in [6, 6.07) is 11.1. The van der Waals surface area contributed by atoms with Crippen LogP contribution in [-0.4, -0.2) is 15.5 Å². The van der Waals surface area contributed by atoms with Crippen molar-refractivity contribution in [3.63, 3.8) is 0 Å². The molecular weight excluding hydrogens is 292 g/mol. The first kappa shape index (κ1) is 14.1. The van der Waals surface area contributed by atoms with Gasteiger partial charge in [0.2, 0.25) is 6.04 Å². The molecule has 0 unspecified atom stereocenters. The summed E-state index contributed by atoms with van der Waals surface area (Å²) in [4.78, 5) is 11.6. The molecule has 1 aliphatic carbocycles. The van der Waals surface area contributed by atoms with E-state index in [0.717, 1.165) is 16.5 Å². The standard InChI is InChI=1S/C18H18N2O3/c1-11-10-14-16(12-6-3-4-7-13(12)19(14)2)17(18(11)20(21)22)15-8-5-9-23-15/h3-9,11,17-18H,10H2,1-2H3/t11-,17+,18+/m0/s1. The summed E-state index contributed by atoms with van der Waals surface area (Å²) in [5.41, 5.74) is 3.35. The number of hydrogen-bond acceptors (Lipinski definition) is 3. The van der Waals surface area contributed by atoms with Crippen molar-refractivity contribution in [2.24, 2.45) is 13.0 Å². The van der Waals surface area contributed by atoms with E-state index < -0.39 is 6.04 Å². The fraction of sp³-hybridized carbons (Fsp3) is 0.333. The zero-order valence-electron chi connectivity index (χ0n) is 13.1. The number of nitrogens with zero attached hydrogens (tertiary/aromatic N) is 2. The Hall–Kier alpha value is -2.56. The lowest BCUT2D eigenvalue weighted by atomic mass is 9.74. The highest BCUT2D eigenvalue weighted by Gasteiger charge is 2.47. The molecule has 2 aromatic heterocycles. The SMILES string of the molecule is C[C@H]1Cc2c(c3ccccc3n2C)[C@@H](c2ccco2)[C@@H]1[N+](=O)[O-]. The average molecular weight is 310 g/mol. The Morgan fingerprint density at radius 2 is 2.04 bits per heavy atom. The van der Waals surface area contributed by atoms with Crippen LogP contribution in [0.4, 0.5) is 0 Å². The highest BCUT2D eigenvalue weighted by molar-refractivity contribution is 5.87. The highest BCUT2D eigenvalue weighted by Crippen LogP contribution is 2.45. The zero-order chi connectivity index (χ0) is 16.1. The Bertz CT molecular complexity index is 879. The molecule has 0 aliphatic heterocycles. The molecule has 0 N–H and O–H groups in total. The van der Waals surface area contributed by atoms with E-state index in [0.29, 0.717) is 12.2 Å². The lowest BCUT2D eigenvalue weighted by Crippen LogP contribution is -2.39. The van der Waals surface area contributed by atoms with Gasteiger partial charge in [-0.1, -0.05) is 25.1 Å². The van der Waals surface area contributed by atoms with Gasteiger partial charge in [-0.05, 0) is 30.2 Å². The molecule has 1 aliphatic rings. The van der Waals surface area contributed by atoms with Crippen molar-refractivity contribution in [3.05, 3.63) is 69.8 Å². The molecule has 5 heteroatoms. The van der Waals surface area contributed by atoms with Crippen molar-refractivity contribution in [1.82, 2.24) is 4.57 Å². The monoisotopic (exact) mass is 310 g/mol. The van der Waals surface area contributed by atoms with Gasteiger partial charge in [0.05, 0.1) is 6.26 Å². The predicted molar refractivity (Wildman–Crippen MR) is 87.1 cm³/mol. The molecule has 23 heavy (non-hydrogen) atoms. The lowest BCUT2D eigenvalue weighted by molar-refractivity contribution is -0.535. The van der Waals surface area contributed by atoms with Gasteiger partial charge in [0.25, 0.3) is 0 Å². The molecule has 3 atom stereocenters. The molecule has 2 heterocycles. The number of aromatic nitrogens is 1. The second-order valence-electron chi connectivity index (χ2n) is 6.39. The van der Waals surface area contributed by atoms with Gasteiger partial charge < -0.3 is 8.98 Å². The topological polar surface area (TPSA) is 61.2 Å². The maximum atomic E-state index is 11.8. The summed E-state index contributed by atoms with van der Waals surface area (Å²) in [7, 11) is 2.04. The molecule has 1 aromatic carbocycles. The number of benzene rings is 1. The van der Waals surface area contributed by atoms with Crippen LogP contribution in [0.15, 0.2) is 47.1 Å². The van der Waals surface area contributed by atoms with Gasteiger partial charge in [0.1, 0.15) is 11.7 Å². The van der Waals surface area contributed by atoms with Gasteiger partial charge in [-0.3, -0.25) is 10.1 Å². The van der Waals surface area contributed by atoms with E-state index in [9.17, 15) is 10.1 Å². The van der Waals surface area contributed by atoms with Gasteiger partial charge in [0.15, 0.2) is 0 Å². The van der Waals surface area contributed by atoms with E-state index >= 15 is 0 Å². The van der Waals surface area contributed by atoms with E-state index in [-0.39, 0.29) is 16.8 Å². The first-order valence-corrected chi connectivity index (χ1v) is 7.82. The summed E-state index contributed by atoms with van der Waals surface area (Å²) in [5.74, 6) is 0.288. The smallest absolute Gasteiger partial charge is 0.229 e. The Kier molecular flexibility index (Phi) is 3.04. The first-order valence-electron chi connectivity index (χ1n) is 7.82. The molecule has 0 amide bonds. The number of aryl methyl sites for hydroxylation is 1. The van der Waals surface area contributed by atoms with Gasteiger partial charge in [-0.15, -0.1) is 0 Å². The number of hydrogen-bond donors (Lipinski definition) is 0. The van der Waals surface area contributed by atoms with Crippen LogP contribution in [0.1, 0.15) is 29.9 Å². The fourth-order valence-electron chi connectivity index (χ4n) is 4.10. The molecule has 5 nitrogen and oxygen atoms in total. The Morgan fingerprint density at radius 3 is 2.74 bits per heavy atom. The number of fused-ring (bicyclic) bond motifs is 3. The third-order valence-corrected chi connectivity index (χ3v) is 5.12. The van der Waals surface area contributed by atoms with Crippen LogP contribution < -0.4 is 0 Å².